The van der Waals surface area contributed by atoms with Gasteiger partial charge >= 0.3 is 0 Å². The molecule has 41 heavy (non-hydrogen) atoms. The van der Waals surface area contributed by atoms with E-state index in [2.05, 4.69) is 21.2 Å². The molecule has 3 aromatic carbocycles. The summed E-state index contributed by atoms with van der Waals surface area (Å²) < 4.78 is 35.3. The van der Waals surface area contributed by atoms with Crippen LogP contribution in [0.1, 0.15) is 31.9 Å². The number of sulfonamides is 1. The van der Waals surface area contributed by atoms with Gasteiger partial charge in [0.15, 0.2) is 0 Å². The number of carbonyl (C=O) groups excluding carboxylic acids is 2. The van der Waals surface area contributed by atoms with Crippen LogP contribution in [0.15, 0.2) is 76.1 Å². The van der Waals surface area contributed by atoms with Crippen molar-refractivity contribution in [3.63, 3.8) is 0 Å². The first-order valence-electron chi connectivity index (χ1n) is 13.1. The maximum Gasteiger partial charge on any atom is 0.264 e. The maximum absolute atomic E-state index is 14.1. The molecule has 0 bridgehead atoms. The number of benzene rings is 3. The van der Waals surface area contributed by atoms with E-state index >= 15 is 0 Å². The number of aryl methyl sites for hydroxylation is 1. The molecule has 0 heterocycles. The van der Waals surface area contributed by atoms with Crippen LogP contribution in [0.5, 0.6) is 5.75 Å². The lowest BCUT2D eigenvalue weighted by Gasteiger charge is -2.32. The Kier molecular flexibility index (Phi) is 11.2. The monoisotopic (exact) mass is 663 g/mol. The Morgan fingerprint density at radius 3 is 2.32 bits per heavy atom. The van der Waals surface area contributed by atoms with Crippen molar-refractivity contribution in [1.29, 1.82) is 0 Å². The lowest BCUT2D eigenvalue weighted by atomic mass is 10.1. The number of halogens is 2. The molecular weight excluding hydrogens is 630 g/mol. The molecule has 1 N–H and O–H groups in total. The highest BCUT2D eigenvalue weighted by molar-refractivity contribution is 9.10. The summed E-state index contributed by atoms with van der Waals surface area (Å²) in [6.45, 7) is 7.36. The minimum Gasteiger partial charge on any atom is -0.495 e. The molecule has 0 aromatic heterocycles. The van der Waals surface area contributed by atoms with Gasteiger partial charge in [0.2, 0.25) is 11.8 Å². The maximum atomic E-state index is 14.1. The number of rotatable bonds is 12. The first-order chi connectivity index (χ1) is 19.3. The smallest absolute Gasteiger partial charge is 0.264 e. The molecule has 11 heteroatoms. The Hall–Kier alpha value is -3.08. The zero-order valence-electron chi connectivity index (χ0n) is 23.7. The fourth-order valence-corrected chi connectivity index (χ4v) is 6.11. The van der Waals surface area contributed by atoms with Crippen LogP contribution in [0, 0.1) is 12.8 Å². The molecule has 0 aliphatic carbocycles. The van der Waals surface area contributed by atoms with Gasteiger partial charge in [-0.1, -0.05) is 71.2 Å². The van der Waals surface area contributed by atoms with Gasteiger partial charge in [0.05, 0.1) is 17.7 Å². The van der Waals surface area contributed by atoms with Gasteiger partial charge in [-0.2, -0.15) is 0 Å². The molecule has 0 spiro atoms. The second-order valence-corrected chi connectivity index (χ2v) is 13.3. The van der Waals surface area contributed by atoms with Gasteiger partial charge in [0.1, 0.15) is 18.3 Å². The average molecular weight is 665 g/mol. The third-order valence-electron chi connectivity index (χ3n) is 6.39. The van der Waals surface area contributed by atoms with Crippen molar-refractivity contribution in [1.82, 2.24) is 10.2 Å². The minimum atomic E-state index is -4.26. The van der Waals surface area contributed by atoms with E-state index in [-0.39, 0.29) is 39.7 Å². The van der Waals surface area contributed by atoms with Crippen molar-refractivity contribution in [2.45, 2.75) is 45.2 Å². The Morgan fingerprint density at radius 1 is 1.02 bits per heavy atom. The van der Waals surface area contributed by atoms with Gasteiger partial charge < -0.3 is 15.0 Å². The standard InChI is InChI=1S/C30H35BrClN3O5S/c1-20(2)17-33-30(37)22(4)34(18-23-7-6-8-24(31)15-23)29(36)19-35(27-16-25(32)11-14-28(27)40-5)41(38,39)26-12-9-21(3)10-13-26/h6-16,20,22H,17-19H2,1-5H3,(H,33,37)/t22-/m0/s1. The number of amides is 2. The molecule has 0 fully saturated rings. The third-order valence-corrected chi connectivity index (χ3v) is 8.89. The Bertz CT molecular complexity index is 1480. The van der Waals surface area contributed by atoms with Gasteiger partial charge in [0, 0.05) is 22.6 Å². The number of nitrogens with one attached hydrogen (secondary N) is 1. The molecule has 0 saturated heterocycles. The molecule has 8 nitrogen and oxygen atoms in total. The van der Waals surface area contributed by atoms with Gasteiger partial charge in [0.25, 0.3) is 10.0 Å². The van der Waals surface area contributed by atoms with E-state index in [1.165, 1.54) is 30.2 Å². The van der Waals surface area contributed by atoms with Gasteiger partial charge in [-0.25, -0.2) is 8.42 Å². The predicted molar refractivity (Wildman–Crippen MR) is 166 cm³/mol. The molecular formula is C30H35BrClN3O5S. The van der Waals surface area contributed by atoms with Crippen LogP contribution in [0.25, 0.3) is 0 Å². The van der Waals surface area contributed by atoms with Crippen LogP contribution in [-0.2, 0) is 26.2 Å². The molecule has 3 aromatic rings. The largest absolute Gasteiger partial charge is 0.495 e. The normalized spacial score (nSPS) is 12.1. The predicted octanol–water partition coefficient (Wildman–Crippen LogP) is 5.80. The highest BCUT2D eigenvalue weighted by Crippen LogP contribution is 2.35. The summed E-state index contributed by atoms with van der Waals surface area (Å²) in [5, 5.41) is 3.14. The summed E-state index contributed by atoms with van der Waals surface area (Å²) in [5.41, 5.74) is 1.76. The van der Waals surface area contributed by atoms with Crippen LogP contribution in [-0.4, -0.2) is 51.4 Å². The second kappa shape index (κ2) is 14.2. The van der Waals surface area contributed by atoms with Crippen molar-refractivity contribution in [2.75, 3.05) is 24.5 Å². The lowest BCUT2D eigenvalue weighted by Crippen LogP contribution is -2.51. The molecule has 0 aliphatic rings. The van der Waals surface area contributed by atoms with Crippen LogP contribution in [0.3, 0.4) is 0 Å². The molecule has 0 saturated carbocycles. The van der Waals surface area contributed by atoms with E-state index in [4.69, 9.17) is 16.3 Å². The van der Waals surface area contributed by atoms with Crippen molar-refractivity contribution in [2.24, 2.45) is 5.92 Å². The fraction of sp³-hybridized carbons (Fsp3) is 0.333. The Balaban J connectivity index is 2.08. The molecule has 0 radical (unpaired) electrons. The van der Waals surface area contributed by atoms with Crippen LogP contribution in [0.4, 0.5) is 5.69 Å². The van der Waals surface area contributed by atoms with Crippen molar-refractivity contribution < 1.29 is 22.7 Å². The van der Waals surface area contributed by atoms with Crippen LogP contribution >= 0.6 is 27.5 Å². The molecule has 0 aliphatic heterocycles. The van der Waals surface area contributed by atoms with E-state index in [0.717, 1.165) is 19.9 Å². The van der Waals surface area contributed by atoms with E-state index in [1.807, 2.05) is 45.0 Å². The molecule has 220 valence electrons. The van der Waals surface area contributed by atoms with Crippen LogP contribution < -0.4 is 14.4 Å². The van der Waals surface area contributed by atoms with E-state index in [0.29, 0.717) is 6.54 Å². The number of methoxy groups -OCH3 is 1. The fourth-order valence-electron chi connectivity index (χ4n) is 4.08. The van der Waals surface area contributed by atoms with Gasteiger partial charge in [-0.3, -0.25) is 13.9 Å². The lowest BCUT2D eigenvalue weighted by molar-refractivity contribution is -0.139. The summed E-state index contributed by atoms with van der Waals surface area (Å²) in [4.78, 5) is 28.6. The highest BCUT2D eigenvalue weighted by Gasteiger charge is 2.34. The topological polar surface area (TPSA) is 96.0 Å². The molecule has 0 unspecified atom stereocenters. The van der Waals surface area contributed by atoms with E-state index in [9.17, 15) is 18.0 Å². The zero-order chi connectivity index (χ0) is 30.3. The van der Waals surface area contributed by atoms with Crippen LogP contribution in [0.2, 0.25) is 5.02 Å². The number of hydrogen-bond acceptors (Lipinski definition) is 5. The number of carbonyl (C=O) groups is 2. The third kappa shape index (κ3) is 8.47. The van der Waals surface area contributed by atoms with E-state index < -0.39 is 28.5 Å². The van der Waals surface area contributed by atoms with Gasteiger partial charge in [-0.15, -0.1) is 0 Å². The Morgan fingerprint density at radius 2 is 1.71 bits per heavy atom. The summed E-state index contributed by atoms with van der Waals surface area (Å²) in [5.74, 6) is -0.477. The van der Waals surface area contributed by atoms with Crippen molar-refractivity contribution in [3.8, 4) is 5.75 Å². The number of anilines is 1. The zero-order valence-corrected chi connectivity index (χ0v) is 26.9. The first kappa shape index (κ1) is 32.4. The van der Waals surface area contributed by atoms with E-state index in [1.54, 1.807) is 31.2 Å². The first-order valence-corrected chi connectivity index (χ1v) is 15.7. The van der Waals surface area contributed by atoms with Gasteiger partial charge in [-0.05, 0) is 67.8 Å². The Labute approximate surface area is 255 Å². The van der Waals surface area contributed by atoms with Crippen molar-refractivity contribution >= 4 is 55.1 Å². The summed E-state index contributed by atoms with van der Waals surface area (Å²) in [7, 11) is -2.85. The van der Waals surface area contributed by atoms with Crippen molar-refractivity contribution in [3.05, 3.63) is 87.4 Å². The SMILES string of the molecule is COc1ccc(Cl)cc1N(CC(=O)N(Cc1cccc(Br)c1)[C@@H](C)C(=O)NCC(C)C)S(=O)(=O)c1ccc(C)cc1. The summed E-state index contributed by atoms with van der Waals surface area (Å²) in [6, 6.07) is 17.4. The second-order valence-electron chi connectivity index (χ2n) is 10.1. The number of nitrogens with zero attached hydrogens (tertiary/aromatic N) is 2. The summed E-state index contributed by atoms with van der Waals surface area (Å²) in [6.07, 6.45) is 0. The molecule has 2 amide bonds. The number of hydrogen-bond donors (Lipinski definition) is 1. The molecule has 1 atom stereocenters. The average Bonchev–Trinajstić information content (AvgIpc) is 2.93. The number of ether oxygens (including phenoxy) is 1. The quantitative estimate of drug-likeness (QED) is 0.264. The highest BCUT2D eigenvalue weighted by atomic mass is 79.9. The summed E-state index contributed by atoms with van der Waals surface area (Å²) >= 11 is 9.73. The minimum absolute atomic E-state index is 0.000747. The molecule has 3 rings (SSSR count).